The molecule has 0 aromatic heterocycles. The van der Waals surface area contributed by atoms with Crippen LogP contribution in [0.5, 0.6) is 5.75 Å². The summed E-state index contributed by atoms with van der Waals surface area (Å²) in [6.07, 6.45) is 1.85. The Bertz CT molecular complexity index is 266. The zero-order chi connectivity index (χ0) is 11.1. The van der Waals surface area contributed by atoms with E-state index < -0.39 is 0 Å². The molecule has 0 saturated carbocycles. The van der Waals surface area contributed by atoms with Crippen molar-refractivity contribution in [1.29, 1.82) is 0 Å². The molecule has 84 valence electrons. The number of benzene rings is 1. The van der Waals surface area contributed by atoms with E-state index in [9.17, 15) is 0 Å². The molecule has 0 aliphatic carbocycles. The molecule has 0 aliphatic rings. The lowest BCUT2D eigenvalue weighted by molar-refractivity contribution is 0.233. The summed E-state index contributed by atoms with van der Waals surface area (Å²) in [6.45, 7) is 5.18. The molecule has 1 atom stereocenters. The fourth-order valence-electron chi connectivity index (χ4n) is 1.38. The molecule has 0 aliphatic heterocycles. The van der Waals surface area contributed by atoms with E-state index in [4.69, 9.17) is 9.84 Å². The maximum atomic E-state index is 8.61. The number of aliphatic hydroxyl groups excluding tert-OH is 1. The van der Waals surface area contributed by atoms with Gasteiger partial charge >= 0.3 is 0 Å². The van der Waals surface area contributed by atoms with Gasteiger partial charge in [-0.1, -0.05) is 26.0 Å². The summed E-state index contributed by atoms with van der Waals surface area (Å²) >= 11 is 0. The Balaban J connectivity index is 2.49. The summed E-state index contributed by atoms with van der Waals surface area (Å²) < 4.78 is 5.45. The maximum Gasteiger partial charge on any atom is 0.119 e. The number of hydrogen-bond donors (Lipinski definition) is 1. The highest BCUT2D eigenvalue weighted by Crippen LogP contribution is 2.21. The minimum Gasteiger partial charge on any atom is -0.494 e. The van der Waals surface area contributed by atoms with Crippen molar-refractivity contribution in [2.45, 2.75) is 32.6 Å². The average Bonchev–Trinajstić information content (AvgIpc) is 2.29. The third-order valence-electron chi connectivity index (χ3n) is 2.63. The molecule has 0 bridgehead atoms. The number of hydrogen-bond acceptors (Lipinski definition) is 2. The zero-order valence-electron chi connectivity index (χ0n) is 9.57. The van der Waals surface area contributed by atoms with Gasteiger partial charge in [-0.2, -0.15) is 0 Å². The second-order valence-electron chi connectivity index (χ2n) is 3.80. The first-order valence-electron chi connectivity index (χ1n) is 5.61. The van der Waals surface area contributed by atoms with Crippen LogP contribution < -0.4 is 4.74 Å². The van der Waals surface area contributed by atoms with E-state index in [1.54, 1.807) is 0 Å². The van der Waals surface area contributed by atoms with Gasteiger partial charge in [0.25, 0.3) is 0 Å². The molecule has 0 radical (unpaired) electrons. The highest BCUT2D eigenvalue weighted by molar-refractivity contribution is 5.29. The highest BCUT2D eigenvalue weighted by Gasteiger charge is 2.02. The van der Waals surface area contributed by atoms with Crippen molar-refractivity contribution in [3.63, 3.8) is 0 Å². The van der Waals surface area contributed by atoms with Crippen LogP contribution >= 0.6 is 0 Å². The smallest absolute Gasteiger partial charge is 0.119 e. The van der Waals surface area contributed by atoms with Crippen LogP contribution in [0.1, 0.15) is 38.2 Å². The number of rotatable bonds is 6. The molecule has 1 aromatic rings. The van der Waals surface area contributed by atoms with E-state index in [0.29, 0.717) is 18.9 Å². The van der Waals surface area contributed by atoms with Crippen molar-refractivity contribution < 1.29 is 9.84 Å². The third-order valence-corrected chi connectivity index (χ3v) is 2.63. The molecule has 1 N–H and O–H groups in total. The van der Waals surface area contributed by atoms with Crippen LogP contribution in [0, 0.1) is 0 Å². The molecule has 1 aromatic carbocycles. The van der Waals surface area contributed by atoms with E-state index in [2.05, 4.69) is 26.0 Å². The Morgan fingerprint density at radius 3 is 2.47 bits per heavy atom. The summed E-state index contributed by atoms with van der Waals surface area (Å²) in [6, 6.07) is 8.22. The monoisotopic (exact) mass is 208 g/mol. The SMILES string of the molecule is CCC(C)c1ccc(OCCCO)cc1. The Labute approximate surface area is 91.9 Å². The Kier molecular flexibility index (Phi) is 5.19. The van der Waals surface area contributed by atoms with Crippen LogP contribution in [0.4, 0.5) is 0 Å². The minimum absolute atomic E-state index is 0.185. The van der Waals surface area contributed by atoms with Gasteiger partial charge in [0, 0.05) is 13.0 Å². The van der Waals surface area contributed by atoms with Crippen LogP contribution in [0.25, 0.3) is 0 Å². The fraction of sp³-hybridized carbons (Fsp3) is 0.538. The van der Waals surface area contributed by atoms with Crippen molar-refractivity contribution >= 4 is 0 Å². The van der Waals surface area contributed by atoms with Gasteiger partial charge in [-0.25, -0.2) is 0 Å². The summed E-state index contributed by atoms with van der Waals surface area (Å²) in [5.74, 6) is 1.49. The first-order chi connectivity index (χ1) is 7.27. The fourth-order valence-corrected chi connectivity index (χ4v) is 1.38. The van der Waals surface area contributed by atoms with Gasteiger partial charge in [0.15, 0.2) is 0 Å². The van der Waals surface area contributed by atoms with Crippen LogP contribution in [-0.2, 0) is 0 Å². The van der Waals surface area contributed by atoms with Gasteiger partial charge < -0.3 is 9.84 Å². The van der Waals surface area contributed by atoms with Crippen molar-refractivity contribution in [2.24, 2.45) is 0 Å². The van der Waals surface area contributed by atoms with E-state index in [-0.39, 0.29) is 6.61 Å². The van der Waals surface area contributed by atoms with Gasteiger partial charge in [-0.15, -0.1) is 0 Å². The number of ether oxygens (including phenoxy) is 1. The molecular formula is C13H20O2. The second-order valence-corrected chi connectivity index (χ2v) is 3.80. The predicted octanol–water partition coefficient (Wildman–Crippen LogP) is 2.96. The van der Waals surface area contributed by atoms with Crippen molar-refractivity contribution in [3.8, 4) is 5.75 Å². The maximum absolute atomic E-state index is 8.61. The zero-order valence-corrected chi connectivity index (χ0v) is 9.57. The topological polar surface area (TPSA) is 29.5 Å². The normalized spacial score (nSPS) is 12.5. The third kappa shape index (κ3) is 3.92. The first kappa shape index (κ1) is 12.1. The molecule has 1 rings (SSSR count). The van der Waals surface area contributed by atoms with Crippen molar-refractivity contribution in [3.05, 3.63) is 29.8 Å². The van der Waals surface area contributed by atoms with Crippen LogP contribution in [0.15, 0.2) is 24.3 Å². The predicted molar refractivity (Wildman–Crippen MR) is 62.3 cm³/mol. The largest absolute Gasteiger partial charge is 0.494 e. The lowest BCUT2D eigenvalue weighted by atomic mass is 9.99. The molecule has 15 heavy (non-hydrogen) atoms. The van der Waals surface area contributed by atoms with E-state index >= 15 is 0 Å². The summed E-state index contributed by atoms with van der Waals surface area (Å²) in [5, 5.41) is 8.61. The Morgan fingerprint density at radius 2 is 1.93 bits per heavy atom. The summed E-state index contributed by atoms with van der Waals surface area (Å²) in [4.78, 5) is 0. The molecule has 0 fully saturated rings. The van der Waals surface area contributed by atoms with Crippen LogP contribution in [0.2, 0.25) is 0 Å². The molecule has 0 heterocycles. The number of aliphatic hydroxyl groups is 1. The molecule has 0 spiro atoms. The summed E-state index contributed by atoms with van der Waals surface area (Å²) in [7, 11) is 0. The quantitative estimate of drug-likeness (QED) is 0.728. The minimum atomic E-state index is 0.185. The Morgan fingerprint density at radius 1 is 1.27 bits per heavy atom. The van der Waals surface area contributed by atoms with Gasteiger partial charge in [0.05, 0.1) is 6.61 Å². The molecule has 2 heteroatoms. The van der Waals surface area contributed by atoms with E-state index in [0.717, 1.165) is 12.2 Å². The van der Waals surface area contributed by atoms with Crippen molar-refractivity contribution in [1.82, 2.24) is 0 Å². The van der Waals surface area contributed by atoms with Gasteiger partial charge in [-0.3, -0.25) is 0 Å². The highest BCUT2D eigenvalue weighted by atomic mass is 16.5. The molecule has 0 saturated heterocycles. The second kappa shape index (κ2) is 6.46. The van der Waals surface area contributed by atoms with Gasteiger partial charge in [-0.05, 0) is 30.0 Å². The van der Waals surface area contributed by atoms with Crippen LogP contribution in [0.3, 0.4) is 0 Å². The van der Waals surface area contributed by atoms with E-state index in [1.807, 2.05) is 12.1 Å². The van der Waals surface area contributed by atoms with Gasteiger partial charge in [0.1, 0.15) is 5.75 Å². The lowest BCUT2D eigenvalue weighted by Crippen LogP contribution is -1.99. The molecular weight excluding hydrogens is 188 g/mol. The van der Waals surface area contributed by atoms with Crippen LogP contribution in [-0.4, -0.2) is 18.3 Å². The van der Waals surface area contributed by atoms with E-state index in [1.165, 1.54) is 5.56 Å². The standard InChI is InChI=1S/C13H20O2/c1-3-11(2)12-5-7-13(8-6-12)15-10-4-9-14/h5-8,11,14H,3-4,9-10H2,1-2H3. The van der Waals surface area contributed by atoms with Gasteiger partial charge in [0.2, 0.25) is 0 Å². The molecule has 2 nitrogen and oxygen atoms in total. The average molecular weight is 208 g/mol. The Hall–Kier alpha value is -1.02. The molecule has 1 unspecified atom stereocenters. The van der Waals surface area contributed by atoms with Crippen molar-refractivity contribution in [2.75, 3.05) is 13.2 Å². The lowest BCUT2D eigenvalue weighted by Gasteiger charge is -2.10. The molecule has 0 amide bonds. The summed E-state index contributed by atoms with van der Waals surface area (Å²) in [5.41, 5.74) is 1.35. The first-order valence-corrected chi connectivity index (χ1v) is 5.61.